The molecule has 0 aliphatic heterocycles. The van der Waals surface area contributed by atoms with Crippen LogP contribution in [0.15, 0.2) is 59.5 Å². The van der Waals surface area contributed by atoms with Gasteiger partial charge in [-0.05, 0) is 29.8 Å². The molecule has 0 aliphatic rings. The number of anilines is 1. The zero-order valence-electron chi connectivity index (χ0n) is 13.2. The molecule has 0 amide bonds. The van der Waals surface area contributed by atoms with Gasteiger partial charge >= 0.3 is 0 Å². The van der Waals surface area contributed by atoms with Crippen LogP contribution in [-0.4, -0.2) is 30.9 Å². The fourth-order valence-electron chi connectivity index (χ4n) is 2.21. The fourth-order valence-corrected chi connectivity index (χ4v) is 4.19. The van der Waals surface area contributed by atoms with E-state index in [0.29, 0.717) is 16.4 Å². The third-order valence-corrected chi connectivity index (χ3v) is 6.10. The first-order valence-corrected chi connectivity index (χ1v) is 10.1. The van der Waals surface area contributed by atoms with E-state index in [0.717, 1.165) is 10.6 Å². The van der Waals surface area contributed by atoms with Crippen molar-refractivity contribution in [2.75, 3.05) is 17.6 Å². The second-order valence-electron chi connectivity index (χ2n) is 5.36. The van der Waals surface area contributed by atoms with Crippen LogP contribution in [0, 0.1) is 5.82 Å². The van der Waals surface area contributed by atoms with E-state index in [1.807, 2.05) is 0 Å². The molecule has 2 aromatic carbocycles. The number of rotatable bonds is 7. The normalized spacial score (nSPS) is 11.4. The van der Waals surface area contributed by atoms with Gasteiger partial charge in [-0.2, -0.15) is 0 Å². The van der Waals surface area contributed by atoms with E-state index < -0.39 is 9.84 Å². The minimum Gasteiger partial charge on any atom is -0.359 e. The Hall–Kier alpha value is -2.32. The molecule has 8 heteroatoms. The van der Waals surface area contributed by atoms with Crippen molar-refractivity contribution < 1.29 is 12.8 Å². The SMILES string of the molecule is O=S(=O)(CCNc1nnc(Cc2ccc(F)cc2)s1)c1ccccc1. The highest BCUT2D eigenvalue weighted by molar-refractivity contribution is 7.91. The van der Waals surface area contributed by atoms with E-state index in [4.69, 9.17) is 0 Å². The summed E-state index contributed by atoms with van der Waals surface area (Å²) in [5, 5.41) is 12.4. The van der Waals surface area contributed by atoms with Gasteiger partial charge < -0.3 is 5.32 Å². The molecule has 25 heavy (non-hydrogen) atoms. The second kappa shape index (κ2) is 7.71. The van der Waals surface area contributed by atoms with Gasteiger partial charge in [0.15, 0.2) is 9.84 Å². The largest absolute Gasteiger partial charge is 0.359 e. The second-order valence-corrected chi connectivity index (χ2v) is 8.53. The lowest BCUT2D eigenvalue weighted by atomic mass is 10.2. The summed E-state index contributed by atoms with van der Waals surface area (Å²) in [4.78, 5) is 0.311. The first-order chi connectivity index (χ1) is 12.0. The maximum Gasteiger partial charge on any atom is 0.205 e. The number of nitrogens with zero attached hydrogens (tertiary/aromatic N) is 2. The molecule has 3 rings (SSSR count). The van der Waals surface area contributed by atoms with Gasteiger partial charge in [-0.3, -0.25) is 0 Å². The van der Waals surface area contributed by atoms with E-state index in [9.17, 15) is 12.8 Å². The zero-order chi connectivity index (χ0) is 17.7. The van der Waals surface area contributed by atoms with Gasteiger partial charge in [0.25, 0.3) is 0 Å². The zero-order valence-corrected chi connectivity index (χ0v) is 14.9. The predicted octanol–water partition coefficient (Wildman–Crippen LogP) is 3.15. The summed E-state index contributed by atoms with van der Waals surface area (Å²) in [6.45, 7) is 0.252. The number of hydrogen-bond donors (Lipinski definition) is 1. The van der Waals surface area contributed by atoms with Crippen molar-refractivity contribution in [3.63, 3.8) is 0 Å². The van der Waals surface area contributed by atoms with Crippen molar-refractivity contribution in [1.82, 2.24) is 10.2 Å². The van der Waals surface area contributed by atoms with Crippen LogP contribution in [-0.2, 0) is 16.3 Å². The Bertz CT molecular complexity index is 926. The molecule has 0 fully saturated rings. The van der Waals surface area contributed by atoms with Gasteiger partial charge in [0.2, 0.25) is 5.13 Å². The Kier molecular flexibility index (Phi) is 5.40. The van der Waals surface area contributed by atoms with Crippen molar-refractivity contribution in [2.24, 2.45) is 0 Å². The van der Waals surface area contributed by atoms with Crippen LogP contribution >= 0.6 is 11.3 Å². The first kappa shape index (κ1) is 17.5. The molecule has 0 spiro atoms. The average molecular weight is 377 g/mol. The number of hydrogen-bond acceptors (Lipinski definition) is 6. The Morgan fingerprint density at radius 2 is 1.72 bits per heavy atom. The summed E-state index contributed by atoms with van der Waals surface area (Å²) in [5.41, 5.74) is 0.941. The Morgan fingerprint density at radius 1 is 1.00 bits per heavy atom. The molecule has 0 atom stereocenters. The molecule has 0 radical (unpaired) electrons. The molecule has 1 heterocycles. The van der Waals surface area contributed by atoms with E-state index >= 15 is 0 Å². The number of halogens is 1. The number of nitrogens with one attached hydrogen (secondary N) is 1. The van der Waals surface area contributed by atoms with E-state index in [1.54, 1.807) is 42.5 Å². The highest BCUT2D eigenvalue weighted by atomic mass is 32.2. The van der Waals surface area contributed by atoms with Gasteiger partial charge in [0, 0.05) is 13.0 Å². The van der Waals surface area contributed by atoms with Crippen LogP contribution in [0.3, 0.4) is 0 Å². The molecule has 3 aromatic rings. The molecule has 0 unspecified atom stereocenters. The van der Waals surface area contributed by atoms with Crippen molar-refractivity contribution >= 4 is 26.3 Å². The van der Waals surface area contributed by atoms with Crippen LogP contribution in [0.1, 0.15) is 10.6 Å². The molecule has 1 aromatic heterocycles. The van der Waals surface area contributed by atoms with Gasteiger partial charge in [0.1, 0.15) is 10.8 Å². The summed E-state index contributed by atoms with van der Waals surface area (Å²) < 4.78 is 37.3. The number of benzene rings is 2. The van der Waals surface area contributed by atoms with Gasteiger partial charge in [-0.15, -0.1) is 10.2 Å². The van der Waals surface area contributed by atoms with Gasteiger partial charge in [0.05, 0.1) is 10.6 Å². The van der Waals surface area contributed by atoms with E-state index in [2.05, 4.69) is 15.5 Å². The van der Waals surface area contributed by atoms with Gasteiger partial charge in [-0.25, -0.2) is 12.8 Å². The molecule has 5 nitrogen and oxygen atoms in total. The lowest BCUT2D eigenvalue weighted by molar-refractivity contribution is 0.596. The molecule has 1 N–H and O–H groups in total. The standard InChI is InChI=1S/C17H16FN3O2S2/c18-14-8-6-13(7-9-14)12-16-20-21-17(24-16)19-10-11-25(22,23)15-4-2-1-3-5-15/h1-9H,10-12H2,(H,19,21). The maximum absolute atomic E-state index is 12.9. The monoisotopic (exact) mass is 377 g/mol. The maximum atomic E-state index is 12.9. The highest BCUT2D eigenvalue weighted by Crippen LogP contribution is 2.19. The first-order valence-electron chi connectivity index (χ1n) is 7.61. The summed E-state index contributed by atoms with van der Waals surface area (Å²) in [7, 11) is -3.32. The lowest BCUT2D eigenvalue weighted by Crippen LogP contribution is -2.15. The Labute approximate surface area is 149 Å². The summed E-state index contributed by atoms with van der Waals surface area (Å²) >= 11 is 1.36. The topological polar surface area (TPSA) is 72.0 Å². The molecular formula is C17H16FN3O2S2. The van der Waals surface area contributed by atoms with Crippen LogP contribution in [0.2, 0.25) is 0 Å². The Morgan fingerprint density at radius 3 is 2.44 bits per heavy atom. The van der Waals surface area contributed by atoms with Crippen LogP contribution < -0.4 is 5.32 Å². The van der Waals surface area contributed by atoms with E-state index in [1.165, 1.54) is 23.5 Å². The van der Waals surface area contributed by atoms with Crippen molar-refractivity contribution in [2.45, 2.75) is 11.3 Å². The average Bonchev–Trinajstić information content (AvgIpc) is 3.05. The molecular weight excluding hydrogens is 361 g/mol. The van der Waals surface area contributed by atoms with Gasteiger partial charge in [-0.1, -0.05) is 41.7 Å². The predicted molar refractivity (Wildman–Crippen MR) is 96.1 cm³/mol. The van der Waals surface area contributed by atoms with Crippen molar-refractivity contribution in [3.05, 3.63) is 71.0 Å². The van der Waals surface area contributed by atoms with Crippen LogP contribution in [0.5, 0.6) is 0 Å². The smallest absolute Gasteiger partial charge is 0.205 e. The van der Waals surface area contributed by atoms with Crippen LogP contribution in [0.25, 0.3) is 0 Å². The van der Waals surface area contributed by atoms with Crippen LogP contribution in [0.4, 0.5) is 9.52 Å². The molecule has 0 bridgehead atoms. The van der Waals surface area contributed by atoms with E-state index in [-0.39, 0.29) is 18.1 Å². The third-order valence-electron chi connectivity index (χ3n) is 3.48. The summed E-state index contributed by atoms with van der Waals surface area (Å²) in [6.07, 6.45) is 0.557. The minimum atomic E-state index is -3.32. The quantitative estimate of drug-likeness (QED) is 0.685. The fraction of sp³-hybridized carbons (Fsp3) is 0.176. The minimum absolute atomic E-state index is 0.0239. The molecule has 0 saturated heterocycles. The number of sulfone groups is 1. The van der Waals surface area contributed by atoms with Crippen molar-refractivity contribution in [1.29, 1.82) is 0 Å². The Balaban J connectivity index is 1.54. The molecule has 130 valence electrons. The molecule has 0 aliphatic carbocycles. The third kappa shape index (κ3) is 4.83. The highest BCUT2D eigenvalue weighted by Gasteiger charge is 2.14. The number of aromatic nitrogens is 2. The summed E-state index contributed by atoms with van der Waals surface area (Å²) in [6, 6.07) is 14.6. The lowest BCUT2D eigenvalue weighted by Gasteiger charge is -2.04. The van der Waals surface area contributed by atoms with Crippen molar-refractivity contribution in [3.8, 4) is 0 Å². The molecule has 0 saturated carbocycles. The summed E-state index contributed by atoms with van der Waals surface area (Å²) in [5.74, 6) is -0.299.